The first-order valence-electron chi connectivity index (χ1n) is 7.03. The first-order valence-corrected chi connectivity index (χ1v) is 7.03. The highest BCUT2D eigenvalue weighted by molar-refractivity contribution is 5.36. The van der Waals surface area contributed by atoms with E-state index >= 15 is 0 Å². The predicted molar refractivity (Wildman–Crippen MR) is 73.3 cm³/mol. The van der Waals surface area contributed by atoms with Gasteiger partial charge in [0.1, 0.15) is 11.6 Å². The van der Waals surface area contributed by atoms with Crippen LogP contribution in [0.15, 0.2) is 30.3 Å². The van der Waals surface area contributed by atoms with Gasteiger partial charge in [-0.25, -0.2) is 13.2 Å². The summed E-state index contributed by atoms with van der Waals surface area (Å²) in [5, 5.41) is 0. The van der Waals surface area contributed by atoms with E-state index in [-0.39, 0.29) is 12.1 Å². The van der Waals surface area contributed by atoms with Crippen molar-refractivity contribution in [3.8, 4) is 11.5 Å². The molecule has 142 valence electrons. The van der Waals surface area contributed by atoms with Crippen molar-refractivity contribution in [3.63, 3.8) is 0 Å². The maximum Gasteiger partial charge on any atom is 0.573 e. The lowest BCUT2D eigenvalue weighted by Crippen LogP contribution is -2.24. The van der Waals surface area contributed by atoms with E-state index in [4.69, 9.17) is 0 Å². The summed E-state index contributed by atoms with van der Waals surface area (Å²) in [6.07, 6.45) is -9.35. The first-order chi connectivity index (χ1) is 11.9. The number of aryl methyl sites for hydroxylation is 1. The molecule has 0 bridgehead atoms. The third-order valence-corrected chi connectivity index (χ3v) is 3.19. The van der Waals surface area contributed by atoms with E-state index in [9.17, 15) is 35.1 Å². The molecule has 0 fully saturated rings. The smallest absolute Gasteiger partial charge is 0.429 e. The van der Waals surface area contributed by atoms with Crippen LogP contribution in [-0.4, -0.2) is 6.36 Å². The van der Waals surface area contributed by atoms with Gasteiger partial charge in [-0.15, -0.1) is 13.2 Å². The van der Waals surface area contributed by atoms with Crippen molar-refractivity contribution >= 4 is 0 Å². The number of halogens is 8. The van der Waals surface area contributed by atoms with E-state index in [2.05, 4.69) is 9.47 Å². The molecule has 2 nitrogen and oxygen atoms in total. The lowest BCUT2D eigenvalue weighted by molar-refractivity contribution is -0.276. The topological polar surface area (TPSA) is 18.5 Å². The summed E-state index contributed by atoms with van der Waals surface area (Å²) < 4.78 is 112. The Labute approximate surface area is 141 Å². The molecule has 0 amide bonds. The van der Waals surface area contributed by atoms with Crippen LogP contribution >= 0.6 is 0 Å². The highest BCUT2D eigenvalue weighted by Gasteiger charge is 2.39. The van der Waals surface area contributed by atoms with Gasteiger partial charge in [0.15, 0.2) is 11.6 Å². The molecule has 0 saturated heterocycles. The molecular weight excluding hydrogens is 376 g/mol. The van der Waals surface area contributed by atoms with Crippen molar-refractivity contribution in [2.45, 2.75) is 25.8 Å². The Morgan fingerprint density at radius 1 is 0.808 bits per heavy atom. The standard InChI is InChI=1S/C16H10F8O2/c1-2-8-3-4-10(11(17)5-8)15(20,21)25-9-6-12(18)14(13(19)7-9)26-16(22,23)24/h3-7H,2H2,1H3. The monoisotopic (exact) mass is 386 g/mol. The molecule has 0 radical (unpaired) electrons. The van der Waals surface area contributed by atoms with Gasteiger partial charge in [-0.3, -0.25) is 0 Å². The van der Waals surface area contributed by atoms with Crippen molar-refractivity contribution in [1.29, 1.82) is 0 Å². The SMILES string of the molecule is CCc1ccc(C(F)(F)Oc2cc(F)c(OC(F)(F)F)c(F)c2)c(F)c1. The van der Waals surface area contributed by atoms with Gasteiger partial charge in [0.25, 0.3) is 0 Å². The van der Waals surface area contributed by atoms with Crippen molar-refractivity contribution < 1.29 is 44.6 Å². The molecule has 0 aliphatic heterocycles. The summed E-state index contributed by atoms with van der Waals surface area (Å²) in [6.45, 7) is 1.67. The Morgan fingerprint density at radius 3 is 1.85 bits per heavy atom. The van der Waals surface area contributed by atoms with Crippen molar-refractivity contribution in [2.24, 2.45) is 0 Å². The third-order valence-electron chi connectivity index (χ3n) is 3.19. The molecule has 0 aliphatic carbocycles. The average Bonchev–Trinajstić information content (AvgIpc) is 2.49. The molecule has 10 heteroatoms. The van der Waals surface area contributed by atoms with Gasteiger partial charge in [0.2, 0.25) is 5.75 Å². The third kappa shape index (κ3) is 4.55. The van der Waals surface area contributed by atoms with Crippen LogP contribution in [0.5, 0.6) is 11.5 Å². The van der Waals surface area contributed by atoms with E-state index in [1.165, 1.54) is 6.07 Å². The minimum absolute atomic E-state index is 0.0659. The molecule has 0 atom stereocenters. The normalized spacial score (nSPS) is 12.2. The number of benzene rings is 2. The van der Waals surface area contributed by atoms with Gasteiger partial charge in [0.05, 0.1) is 5.56 Å². The Balaban J connectivity index is 2.32. The molecule has 2 aromatic carbocycles. The zero-order chi connectivity index (χ0) is 19.7. The molecule has 0 aliphatic rings. The fourth-order valence-corrected chi connectivity index (χ4v) is 2.03. The van der Waals surface area contributed by atoms with E-state index in [0.717, 1.165) is 12.1 Å². The fourth-order valence-electron chi connectivity index (χ4n) is 2.03. The molecular formula is C16H10F8O2. The molecule has 0 saturated carbocycles. The van der Waals surface area contributed by atoms with Crippen LogP contribution in [0.2, 0.25) is 0 Å². The molecule has 2 aromatic rings. The van der Waals surface area contributed by atoms with E-state index in [1.54, 1.807) is 6.92 Å². The number of hydrogen-bond donors (Lipinski definition) is 0. The van der Waals surface area contributed by atoms with Gasteiger partial charge in [-0.05, 0) is 24.1 Å². The summed E-state index contributed by atoms with van der Waals surface area (Å²) in [4.78, 5) is 0. The molecule has 0 heterocycles. The lowest BCUT2D eigenvalue weighted by Gasteiger charge is -2.20. The maximum atomic E-state index is 14.1. The first kappa shape index (κ1) is 19.8. The number of ether oxygens (including phenoxy) is 2. The predicted octanol–water partition coefficient (Wildman–Crippen LogP) is 5.69. The Morgan fingerprint density at radius 2 is 1.38 bits per heavy atom. The minimum Gasteiger partial charge on any atom is -0.429 e. The van der Waals surface area contributed by atoms with E-state index in [0.29, 0.717) is 12.0 Å². The highest BCUT2D eigenvalue weighted by atomic mass is 19.4. The van der Waals surface area contributed by atoms with E-state index < -0.39 is 47.0 Å². The lowest BCUT2D eigenvalue weighted by atomic mass is 10.1. The number of rotatable bonds is 5. The van der Waals surface area contributed by atoms with Gasteiger partial charge in [-0.2, -0.15) is 8.78 Å². The Bertz CT molecular complexity index is 778. The molecule has 2 rings (SSSR count). The quantitative estimate of drug-likeness (QED) is 0.615. The summed E-state index contributed by atoms with van der Waals surface area (Å²) >= 11 is 0. The summed E-state index contributed by atoms with van der Waals surface area (Å²) in [5.74, 6) is -8.14. The summed E-state index contributed by atoms with van der Waals surface area (Å²) in [7, 11) is 0. The van der Waals surface area contributed by atoms with Crippen molar-refractivity contribution in [1.82, 2.24) is 0 Å². The zero-order valence-electron chi connectivity index (χ0n) is 12.9. The highest BCUT2D eigenvalue weighted by Crippen LogP contribution is 2.37. The van der Waals surface area contributed by atoms with Gasteiger partial charge in [-0.1, -0.05) is 13.0 Å². The average molecular weight is 386 g/mol. The van der Waals surface area contributed by atoms with Gasteiger partial charge in [0, 0.05) is 12.1 Å². The van der Waals surface area contributed by atoms with Crippen LogP contribution in [0, 0.1) is 17.5 Å². The van der Waals surface area contributed by atoms with Gasteiger partial charge < -0.3 is 9.47 Å². The fraction of sp³-hybridized carbons (Fsp3) is 0.250. The van der Waals surface area contributed by atoms with Gasteiger partial charge >= 0.3 is 12.5 Å². The van der Waals surface area contributed by atoms with Crippen molar-refractivity contribution in [3.05, 3.63) is 58.9 Å². The van der Waals surface area contributed by atoms with Crippen LogP contribution < -0.4 is 9.47 Å². The molecule has 0 unspecified atom stereocenters. The number of hydrogen-bond acceptors (Lipinski definition) is 2. The van der Waals surface area contributed by atoms with Crippen LogP contribution in [0.3, 0.4) is 0 Å². The second-order valence-corrected chi connectivity index (χ2v) is 5.05. The van der Waals surface area contributed by atoms with E-state index in [1.807, 2.05) is 0 Å². The maximum absolute atomic E-state index is 14.1. The zero-order valence-corrected chi connectivity index (χ0v) is 12.9. The van der Waals surface area contributed by atoms with Crippen LogP contribution in [0.4, 0.5) is 35.1 Å². The molecule has 0 N–H and O–H groups in total. The van der Waals surface area contributed by atoms with Crippen molar-refractivity contribution in [2.75, 3.05) is 0 Å². The largest absolute Gasteiger partial charge is 0.573 e. The van der Waals surface area contributed by atoms with Crippen LogP contribution in [-0.2, 0) is 12.5 Å². The summed E-state index contributed by atoms with van der Waals surface area (Å²) in [5.41, 5.74) is -0.779. The number of alkyl halides is 5. The molecule has 0 aromatic heterocycles. The molecule has 0 spiro atoms. The van der Waals surface area contributed by atoms with Crippen LogP contribution in [0.25, 0.3) is 0 Å². The second kappa shape index (κ2) is 7.00. The Hall–Kier alpha value is -2.52. The Kier molecular flexibility index (Phi) is 5.33. The van der Waals surface area contributed by atoms with Crippen LogP contribution in [0.1, 0.15) is 18.1 Å². The summed E-state index contributed by atoms with van der Waals surface area (Å²) in [6, 6.07) is 2.92. The second-order valence-electron chi connectivity index (χ2n) is 5.05. The minimum atomic E-state index is -5.39. The molecule has 26 heavy (non-hydrogen) atoms.